The van der Waals surface area contributed by atoms with Crippen molar-refractivity contribution < 1.29 is 4.79 Å². The number of amides is 1. The van der Waals surface area contributed by atoms with Crippen molar-refractivity contribution in [3.63, 3.8) is 0 Å². The maximum absolute atomic E-state index is 11.8. The lowest BCUT2D eigenvalue weighted by molar-refractivity contribution is 0.102. The second-order valence-corrected chi connectivity index (χ2v) is 3.63. The van der Waals surface area contributed by atoms with Crippen molar-refractivity contribution in [2.24, 2.45) is 5.73 Å². The molecule has 0 aliphatic heterocycles. The summed E-state index contributed by atoms with van der Waals surface area (Å²) in [6.07, 6.45) is 4.62. The summed E-state index contributed by atoms with van der Waals surface area (Å²) >= 11 is 4.82. The third-order valence-corrected chi connectivity index (χ3v) is 2.24. The molecule has 0 saturated carbocycles. The number of nitrogens with one attached hydrogen (secondary N) is 2. The number of aromatic amines is 1. The quantitative estimate of drug-likeness (QED) is 0.693. The average Bonchev–Trinajstić information content (AvgIpc) is 2.82. The number of anilines is 1. The standard InChI is InChI=1S/C10H9N5OS/c11-8(17)6-1-2-12-7(5-6)9(16)15-10-13-3-4-14-10/h1-5H,(H2,11,17)(H2,13,14,15,16). The molecule has 7 heteroatoms. The molecule has 2 aromatic heterocycles. The van der Waals surface area contributed by atoms with E-state index < -0.39 is 0 Å². The zero-order valence-electron chi connectivity index (χ0n) is 8.68. The van der Waals surface area contributed by atoms with Gasteiger partial charge >= 0.3 is 0 Å². The third kappa shape index (κ3) is 2.64. The van der Waals surface area contributed by atoms with Crippen LogP contribution in [-0.4, -0.2) is 25.8 Å². The smallest absolute Gasteiger partial charge is 0.276 e. The Labute approximate surface area is 102 Å². The Bertz CT molecular complexity index is 552. The lowest BCUT2D eigenvalue weighted by Gasteiger charge is -2.03. The zero-order valence-corrected chi connectivity index (χ0v) is 9.49. The van der Waals surface area contributed by atoms with Crippen molar-refractivity contribution in [3.05, 3.63) is 42.0 Å². The summed E-state index contributed by atoms with van der Waals surface area (Å²) in [5.41, 5.74) is 6.30. The van der Waals surface area contributed by atoms with Gasteiger partial charge in [-0.2, -0.15) is 0 Å². The fourth-order valence-corrected chi connectivity index (χ4v) is 1.34. The minimum Gasteiger partial charge on any atom is -0.389 e. The summed E-state index contributed by atoms with van der Waals surface area (Å²) in [6, 6.07) is 3.17. The van der Waals surface area contributed by atoms with Crippen molar-refractivity contribution in [1.29, 1.82) is 0 Å². The molecule has 2 rings (SSSR count). The molecular weight excluding hydrogens is 238 g/mol. The highest BCUT2D eigenvalue weighted by Gasteiger charge is 2.10. The Morgan fingerprint density at radius 1 is 1.41 bits per heavy atom. The third-order valence-electron chi connectivity index (χ3n) is 2.01. The molecule has 2 aromatic rings. The van der Waals surface area contributed by atoms with E-state index in [2.05, 4.69) is 20.3 Å². The number of thiocarbonyl (C=S) groups is 1. The minimum atomic E-state index is -0.377. The Morgan fingerprint density at radius 2 is 2.24 bits per heavy atom. The van der Waals surface area contributed by atoms with Crippen LogP contribution in [0.5, 0.6) is 0 Å². The number of pyridine rings is 1. The molecule has 0 aliphatic rings. The zero-order chi connectivity index (χ0) is 12.3. The van der Waals surface area contributed by atoms with Gasteiger partial charge in [0.25, 0.3) is 5.91 Å². The molecule has 0 bridgehead atoms. The fraction of sp³-hybridized carbons (Fsp3) is 0. The molecule has 6 nitrogen and oxygen atoms in total. The van der Waals surface area contributed by atoms with E-state index in [0.717, 1.165) is 0 Å². The normalized spacial score (nSPS) is 9.88. The molecule has 0 radical (unpaired) electrons. The fourth-order valence-electron chi connectivity index (χ4n) is 1.21. The molecule has 0 unspecified atom stereocenters. The van der Waals surface area contributed by atoms with Crippen LogP contribution in [-0.2, 0) is 0 Å². The summed E-state index contributed by atoms with van der Waals surface area (Å²) in [7, 11) is 0. The number of imidazole rings is 1. The van der Waals surface area contributed by atoms with Gasteiger partial charge in [-0.1, -0.05) is 12.2 Å². The van der Waals surface area contributed by atoms with Crippen molar-refractivity contribution in [3.8, 4) is 0 Å². The van der Waals surface area contributed by atoms with Crippen molar-refractivity contribution in [2.75, 3.05) is 5.32 Å². The second-order valence-electron chi connectivity index (χ2n) is 3.19. The number of aromatic nitrogens is 3. The lowest BCUT2D eigenvalue weighted by atomic mass is 10.2. The van der Waals surface area contributed by atoms with Crippen LogP contribution in [0.15, 0.2) is 30.7 Å². The van der Waals surface area contributed by atoms with E-state index in [1.54, 1.807) is 12.3 Å². The highest BCUT2D eigenvalue weighted by atomic mass is 32.1. The maximum atomic E-state index is 11.8. The molecule has 17 heavy (non-hydrogen) atoms. The predicted octanol–water partition coefficient (Wildman–Crippen LogP) is 0.691. The van der Waals surface area contributed by atoms with Gasteiger partial charge in [-0.25, -0.2) is 4.98 Å². The number of nitrogens with zero attached hydrogens (tertiary/aromatic N) is 2. The van der Waals surface area contributed by atoms with E-state index in [0.29, 0.717) is 11.5 Å². The number of nitrogens with two attached hydrogens (primary N) is 1. The lowest BCUT2D eigenvalue weighted by Crippen LogP contribution is -2.16. The summed E-state index contributed by atoms with van der Waals surface area (Å²) < 4.78 is 0. The monoisotopic (exact) mass is 247 g/mol. The maximum Gasteiger partial charge on any atom is 0.276 e. The van der Waals surface area contributed by atoms with E-state index in [-0.39, 0.29) is 16.6 Å². The van der Waals surface area contributed by atoms with Crippen LogP contribution >= 0.6 is 12.2 Å². The SMILES string of the molecule is NC(=S)c1ccnc(C(=O)Nc2ncc[nH]2)c1. The molecular formula is C10H9N5OS. The van der Waals surface area contributed by atoms with Gasteiger partial charge in [0, 0.05) is 24.2 Å². The highest BCUT2D eigenvalue weighted by Crippen LogP contribution is 2.04. The van der Waals surface area contributed by atoms with Crippen molar-refractivity contribution >= 4 is 29.1 Å². The van der Waals surface area contributed by atoms with Crippen LogP contribution in [0.4, 0.5) is 5.95 Å². The van der Waals surface area contributed by atoms with Gasteiger partial charge in [-0.15, -0.1) is 0 Å². The summed E-state index contributed by atoms with van der Waals surface area (Å²) in [5.74, 6) is -0.0180. The number of rotatable bonds is 3. The van der Waals surface area contributed by atoms with Crippen LogP contribution < -0.4 is 11.1 Å². The molecule has 1 amide bonds. The van der Waals surface area contributed by atoms with E-state index in [4.69, 9.17) is 18.0 Å². The topological polar surface area (TPSA) is 96.7 Å². The number of hydrogen-bond donors (Lipinski definition) is 3. The van der Waals surface area contributed by atoms with Crippen LogP contribution in [0.2, 0.25) is 0 Å². The van der Waals surface area contributed by atoms with Gasteiger partial charge in [0.15, 0.2) is 0 Å². The van der Waals surface area contributed by atoms with Gasteiger partial charge in [-0.3, -0.25) is 15.1 Å². The van der Waals surface area contributed by atoms with Gasteiger partial charge < -0.3 is 10.7 Å². The van der Waals surface area contributed by atoms with Gasteiger partial charge in [0.05, 0.1) is 0 Å². The number of H-pyrrole nitrogens is 1. The number of carbonyl (C=O) groups excluding carboxylic acids is 1. The van der Waals surface area contributed by atoms with Gasteiger partial charge in [0.1, 0.15) is 10.7 Å². The first-order valence-electron chi connectivity index (χ1n) is 4.73. The van der Waals surface area contributed by atoms with Gasteiger partial charge in [0.2, 0.25) is 5.95 Å². The molecule has 0 atom stereocenters. The van der Waals surface area contributed by atoms with E-state index in [1.807, 2.05) is 0 Å². The van der Waals surface area contributed by atoms with Crippen LogP contribution in [0.25, 0.3) is 0 Å². The van der Waals surface area contributed by atoms with Gasteiger partial charge in [-0.05, 0) is 12.1 Å². The first-order chi connectivity index (χ1) is 8.16. The summed E-state index contributed by atoms with van der Waals surface area (Å²) in [5, 5.41) is 2.55. The largest absolute Gasteiger partial charge is 0.389 e. The second kappa shape index (κ2) is 4.71. The molecule has 2 heterocycles. The molecule has 0 spiro atoms. The molecule has 0 aromatic carbocycles. The molecule has 0 aliphatic carbocycles. The molecule has 0 saturated heterocycles. The first kappa shape index (κ1) is 11.2. The van der Waals surface area contributed by atoms with Crippen LogP contribution in [0, 0.1) is 0 Å². The predicted molar refractivity (Wildman–Crippen MR) is 66.7 cm³/mol. The Kier molecular flexibility index (Phi) is 3.10. The number of hydrogen-bond acceptors (Lipinski definition) is 4. The summed E-state index contributed by atoms with van der Waals surface area (Å²) in [6.45, 7) is 0. The first-order valence-corrected chi connectivity index (χ1v) is 5.14. The highest BCUT2D eigenvalue weighted by molar-refractivity contribution is 7.80. The minimum absolute atomic E-state index is 0.222. The Hall–Kier alpha value is -2.28. The van der Waals surface area contributed by atoms with Crippen LogP contribution in [0.1, 0.15) is 16.1 Å². The average molecular weight is 247 g/mol. The van der Waals surface area contributed by atoms with Crippen molar-refractivity contribution in [2.45, 2.75) is 0 Å². The van der Waals surface area contributed by atoms with Crippen LogP contribution in [0.3, 0.4) is 0 Å². The summed E-state index contributed by atoms with van der Waals surface area (Å²) in [4.78, 5) is 22.6. The van der Waals surface area contributed by atoms with Crippen molar-refractivity contribution in [1.82, 2.24) is 15.0 Å². The molecule has 4 N–H and O–H groups in total. The number of carbonyl (C=O) groups is 1. The molecule has 86 valence electrons. The Morgan fingerprint density at radius 3 is 2.88 bits per heavy atom. The van der Waals surface area contributed by atoms with E-state index in [9.17, 15) is 4.79 Å². The Balaban J connectivity index is 2.19. The van der Waals surface area contributed by atoms with E-state index >= 15 is 0 Å². The van der Waals surface area contributed by atoms with E-state index in [1.165, 1.54) is 18.5 Å². The molecule has 0 fully saturated rings.